The van der Waals surface area contributed by atoms with Crippen molar-refractivity contribution >= 4 is 27.3 Å². The van der Waals surface area contributed by atoms with Crippen molar-refractivity contribution in [3.05, 3.63) is 15.3 Å². The van der Waals surface area contributed by atoms with Gasteiger partial charge in [0.05, 0.1) is 19.5 Å². The molecule has 146 valence electrons. The Hall–Kier alpha value is -1.16. The first kappa shape index (κ1) is 19.6. The fourth-order valence-corrected chi connectivity index (χ4v) is 6.21. The van der Waals surface area contributed by atoms with E-state index in [0.717, 1.165) is 31.4 Å². The van der Waals surface area contributed by atoms with Crippen molar-refractivity contribution in [1.29, 1.82) is 0 Å². The summed E-state index contributed by atoms with van der Waals surface area (Å²) in [6.45, 7) is 1.63. The topological polar surface area (TPSA) is 76.2 Å². The Morgan fingerprint density at radius 2 is 1.81 bits per heavy atom. The second kappa shape index (κ2) is 8.24. The van der Waals surface area contributed by atoms with Crippen molar-refractivity contribution in [2.24, 2.45) is 0 Å². The Bertz CT molecular complexity index is 751. The fraction of sp³-hybridized carbons (Fsp3) is 0.706. The van der Waals surface area contributed by atoms with Crippen molar-refractivity contribution in [3.63, 3.8) is 0 Å². The largest absolute Gasteiger partial charge is 0.495 e. The molecule has 26 heavy (non-hydrogen) atoms. The number of nitrogens with zero attached hydrogens (tertiary/aromatic N) is 2. The van der Waals surface area contributed by atoms with Gasteiger partial charge in [-0.3, -0.25) is 4.79 Å². The molecule has 0 unspecified atom stereocenters. The molecule has 3 rings (SSSR count). The Morgan fingerprint density at radius 3 is 2.46 bits per heavy atom. The molecule has 0 N–H and O–H groups in total. The van der Waals surface area contributed by atoms with Gasteiger partial charge in [-0.2, -0.15) is 4.31 Å². The van der Waals surface area contributed by atoms with Gasteiger partial charge >= 0.3 is 0 Å². The van der Waals surface area contributed by atoms with Crippen LogP contribution in [0.15, 0.2) is 0 Å². The fourth-order valence-electron chi connectivity index (χ4n) is 3.52. The van der Waals surface area contributed by atoms with Crippen LogP contribution in [0.1, 0.15) is 33.0 Å². The molecule has 0 aromatic carbocycles. The molecule has 1 aromatic heterocycles. The maximum absolute atomic E-state index is 13.0. The van der Waals surface area contributed by atoms with Crippen molar-refractivity contribution in [2.45, 2.75) is 25.7 Å². The monoisotopic (exact) mass is 402 g/mol. The number of carbonyl (C=O) groups excluding carboxylic acids is 1. The van der Waals surface area contributed by atoms with Crippen LogP contribution < -0.4 is 4.74 Å². The average Bonchev–Trinajstić information content (AvgIpc) is 3.04. The van der Waals surface area contributed by atoms with Crippen LogP contribution in [0, 0.1) is 0 Å². The number of rotatable bonds is 6. The maximum Gasteiger partial charge on any atom is 0.267 e. The van der Waals surface area contributed by atoms with Gasteiger partial charge in [-0.15, -0.1) is 11.3 Å². The highest BCUT2D eigenvalue weighted by molar-refractivity contribution is 7.89. The third-order valence-electron chi connectivity index (χ3n) is 4.99. The lowest BCUT2D eigenvalue weighted by Crippen LogP contribution is -2.51. The van der Waals surface area contributed by atoms with E-state index in [0.29, 0.717) is 31.1 Å². The highest BCUT2D eigenvalue weighted by Gasteiger charge is 2.32. The second-order valence-electron chi connectivity index (χ2n) is 6.57. The maximum atomic E-state index is 13.0. The minimum atomic E-state index is -3.33. The van der Waals surface area contributed by atoms with Gasteiger partial charge in [-0.1, -0.05) is 0 Å². The van der Waals surface area contributed by atoms with E-state index in [1.807, 2.05) is 0 Å². The van der Waals surface area contributed by atoms with Crippen molar-refractivity contribution in [2.75, 3.05) is 52.8 Å². The molecule has 0 bridgehead atoms. The Labute approximate surface area is 158 Å². The van der Waals surface area contributed by atoms with Crippen LogP contribution in [0.2, 0.25) is 0 Å². The summed E-state index contributed by atoms with van der Waals surface area (Å²) in [5.41, 5.74) is 1.19. The van der Waals surface area contributed by atoms with Crippen LogP contribution in [0.25, 0.3) is 0 Å². The highest BCUT2D eigenvalue weighted by Crippen LogP contribution is 2.40. The number of sulfonamides is 1. The molecule has 1 saturated heterocycles. The summed E-state index contributed by atoms with van der Waals surface area (Å²) >= 11 is 1.54. The summed E-state index contributed by atoms with van der Waals surface area (Å²) in [5.74, 6) is 0.656. The molecule has 1 aliphatic carbocycles. The number of methoxy groups -OCH3 is 2. The molecule has 0 atom stereocenters. The molecule has 2 heterocycles. The second-order valence-corrected chi connectivity index (χ2v) is 9.77. The lowest BCUT2D eigenvalue weighted by atomic mass is 9.98. The van der Waals surface area contributed by atoms with Gasteiger partial charge in [-0.05, 0) is 25.7 Å². The molecule has 1 fully saturated rings. The van der Waals surface area contributed by atoms with Gasteiger partial charge in [0, 0.05) is 43.7 Å². The zero-order valence-corrected chi connectivity index (χ0v) is 17.0. The molecule has 0 saturated carbocycles. The van der Waals surface area contributed by atoms with E-state index in [9.17, 15) is 13.2 Å². The molecule has 9 heteroatoms. The smallest absolute Gasteiger partial charge is 0.267 e. The summed E-state index contributed by atoms with van der Waals surface area (Å²) in [4.78, 5) is 16.7. The summed E-state index contributed by atoms with van der Waals surface area (Å²) < 4.78 is 36.4. The normalized spacial score (nSPS) is 18.6. The standard InChI is InChI=1S/C17H26N2O5S2/c1-23-11-12-26(21,22)19-9-7-18(8-10-19)17(20)16-15(24-2)13-5-3-4-6-14(13)25-16/h3-12H2,1-2H3. The van der Waals surface area contributed by atoms with Crippen LogP contribution in [0.5, 0.6) is 5.75 Å². The predicted octanol–water partition coefficient (Wildman–Crippen LogP) is 1.37. The number of hydrogen-bond donors (Lipinski definition) is 0. The Kier molecular flexibility index (Phi) is 6.21. The molecular weight excluding hydrogens is 376 g/mol. The van der Waals surface area contributed by atoms with Gasteiger partial charge < -0.3 is 14.4 Å². The van der Waals surface area contributed by atoms with E-state index in [-0.39, 0.29) is 18.3 Å². The number of fused-ring (bicyclic) bond motifs is 1. The number of piperazine rings is 1. The summed E-state index contributed by atoms with van der Waals surface area (Å²) in [6, 6.07) is 0. The molecule has 1 aromatic rings. The van der Waals surface area contributed by atoms with Crippen molar-refractivity contribution < 1.29 is 22.7 Å². The summed E-state index contributed by atoms with van der Waals surface area (Å²) in [5, 5.41) is 0. The quantitative estimate of drug-likeness (QED) is 0.718. The average molecular weight is 403 g/mol. The van der Waals surface area contributed by atoms with Crippen LogP contribution in [-0.4, -0.2) is 76.3 Å². The molecule has 0 radical (unpaired) electrons. The molecule has 1 aliphatic heterocycles. The van der Waals surface area contributed by atoms with Crippen LogP contribution in [0.4, 0.5) is 0 Å². The SMILES string of the molecule is COCCS(=O)(=O)N1CCN(C(=O)c2sc3c(c2OC)CCCC3)CC1. The number of amides is 1. The number of ether oxygens (including phenoxy) is 2. The third-order valence-corrected chi connectivity index (χ3v) is 8.08. The number of hydrogen-bond acceptors (Lipinski definition) is 6. The van der Waals surface area contributed by atoms with E-state index in [1.54, 1.807) is 23.3 Å². The van der Waals surface area contributed by atoms with Gasteiger partial charge in [0.2, 0.25) is 10.0 Å². The third kappa shape index (κ3) is 3.90. The minimum absolute atomic E-state index is 0.0249. The van der Waals surface area contributed by atoms with Crippen molar-refractivity contribution in [3.8, 4) is 5.75 Å². The molecule has 7 nitrogen and oxygen atoms in total. The van der Waals surface area contributed by atoms with E-state index in [4.69, 9.17) is 9.47 Å². The Balaban J connectivity index is 1.69. The lowest BCUT2D eigenvalue weighted by molar-refractivity contribution is 0.0699. The van der Waals surface area contributed by atoms with Crippen LogP contribution in [-0.2, 0) is 27.6 Å². The number of thiophene rings is 1. The first-order valence-corrected chi connectivity index (χ1v) is 11.3. The predicted molar refractivity (Wildman–Crippen MR) is 101 cm³/mol. The van der Waals surface area contributed by atoms with E-state index in [1.165, 1.54) is 21.9 Å². The first-order chi connectivity index (χ1) is 12.5. The zero-order valence-electron chi connectivity index (χ0n) is 15.3. The van der Waals surface area contributed by atoms with E-state index >= 15 is 0 Å². The van der Waals surface area contributed by atoms with E-state index in [2.05, 4.69) is 0 Å². The van der Waals surface area contributed by atoms with Gasteiger partial charge in [0.1, 0.15) is 10.6 Å². The number of aryl methyl sites for hydroxylation is 1. The molecule has 2 aliphatic rings. The number of carbonyl (C=O) groups is 1. The Morgan fingerprint density at radius 1 is 1.12 bits per heavy atom. The van der Waals surface area contributed by atoms with Crippen LogP contribution in [0.3, 0.4) is 0 Å². The zero-order chi connectivity index (χ0) is 18.7. The van der Waals surface area contributed by atoms with Gasteiger partial charge in [-0.25, -0.2) is 8.42 Å². The lowest BCUT2D eigenvalue weighted by Gasteiger charge is -2.33. The molecule has 1 amide bonds. The summed E-state index contributed by atoms with van der Waals surface area (Å²) in [7, 11) is -0.221. The molecular formula is C17H26N2O5S2. The highest BCUT2D eigenvalue weighted by atomic mass is 32.2. The van der Waals surface area contributed by atoms with Crippen molar-refractivity contribution in [1.82, 2.24) is 9.21 Å². The summed E-state index contributed by atoms with van der Waals surface area (Å²) in [6.07, 6.45) is 4.26. The molecule has 0 spiro atoms. The first-order valence-electron chi connectivity index (χ1n) is 8.92. The van der Waals surface area contributed by atoms with Gasteiger partial charge in [0.25, 0.3) is 5.91 Å². The van der Waals surface area contributed by atoms with Crippen LogP contribution >= 0.6 is 11.3 Å². The van der Waals surface area contributed by atoms with Gasteiger partial charge in [0.15, 0.2) is 0 Å². The van der Waals surface area contributed by atoms with E-state index < -0.39 is 10.0 Å². The minimum Gasteiger partial charge on any atom is -0.495 e.